The Morgan fingerprint density at radius 2 is 1.89 bits per heavy atom. The third-order valence-corrected chi connectivity index (χ3v) is 3.30. The lowest BCUT2D eigenvalue weighted by atomic mass is 10.2. The average Bonchev–Trinajstić information content (AvgIpc) is 2.37. The summed E-state index contributed by atoms with van der Waals surface area (Å²) < 4.78 is 13.8. The molecule has 0 fully saturated rings. The Hall–Kier alpha value is -1.68. The standard InChI is InChI=1S/C14H11BrFNO/c1-17(11-6-4-5-10(16)9-11)14(18)12-7-2-3-8-13(12)15/h2-9H,1H3. The molecule has 0 saturated carbocycles. The number of halogens is 2. The van der Waals surface area contributed by atoms with E-state index in [0.717, 1.165) is 4.47 Å². The molecule has 0 spiro atoms. The highest BCUT2D eigenvalue weighted by Gasteiger charge is 2.15. The summed E-state index contributed by atoms with van der Waals surface area (Å²) in [6.45, 7) is 0. The Bertz CT molecular complexity index is 586. The van der Waals surface area contributed by atoms with Gasteiger partial charge in [-0.3, -0.25) is 4.79 Å². The van der Waals surface area contributed by atoms with E-state index in [0.29, 0.717) is 11.3 Å². The minimum Gasteiger partial charge on any atom is -0.311 e. The minimum absolute atomic E-state index is 0.187. The first kappa shape index (κ1) is 12.8. The lowest BCUT2D eigenvalue weighted by molar-refractivity contribution is 0.0992. The summed E-state index contributed by atoms with van der Waals surface area (Å²) in [6, 6.07) is 13.1. The van der Waals surface area contributed by atoms with Gasteiger partial charge < -0.3 is 4.90 Å². The van der Waals surface area contributed by atoms with Gasteiger partial charge in [0.25, 0.3) is 5.91 Å². The van der Waals surface area contributed by atoms with Crippen molar-refractivity contribution in [3.63, 3.8) is 0 Å². The van der Waals surface area contributed by atoms with Crippen molar-refractivity contribution in [2.45, 2.75) is 0 Å². The second-order valence-electron chi connectivity index (χ2n) is 3.82. The molecule has 0 aliphatic carbocycles. The van der Waals surface area contributed by atoms with Crippen molar-refractivity contribution in [2.24, 2.45) is 0 Å². The molecule has 0 aromatic heterocycles. The molecule has 0 atom stereocenters. The van der Waals surface area contributed by atoms with Crippen molar-refractivity contribution < 1.29 is 9.18 Å². The van der Waals surface area contributed by atoms with Gasteiger partial charge in [-0.05, 0) is 46.3 Å². The second kappa shape index (κ2) is 5.31. The maximum Gasteiger partial charge on any atom is 0.259 e. The molecule has 0 aliphatic heterocycles. The number of carbonyl (C=O) groups is 1. The van der Waals surface area contributed by atoms with Gasteiger partial charge in [0, 0.05) is 17.2 Å². The molecule has 18 heavy (non-hydrogen) atoms. The van der Waals surface area contributed by atoms with Crippen LogP contribution in [0.5, 0.6) is 0 Å². The Morgan fingerprint density at radius 1 is 1.17 bits per heavy atom. The van der Waals surface area contributed by atoms with Crippen molar-refractivity contribution >= 4 is 27.5 Å². The summed E-state index contributed by atoms with van der Waals surface area (Å²) in [5.41, 5.74) is 1.07. The van der Waals surface area contributed by atoms with Crippen LogP contribution in [0.3, 0.4) is 0 Å². The van der Waals surface area contributed by atoms with Crippen LogP contribution < -0.4 is 4.90 Å². The maximum atomic E-state index is 13.1. The molecule has 0 N–H and O–H groups in total. The van der Waals surface area contributed by atoms with Crippen LogP contribution in [0.25, 0.3) is 0 Å². The first-order valence-corrected chi connectivity index (χ1v) is 6.17. The molecule has 2 aromatic rings. The Balaban J connectivity index is 2.32. The quantitative estimate of drug-likeness (QED) is 0.825. The molecule has 0 bridgehead atoms. The van der Waals surface area contributed by atoms with Crippen molar-refractivity contribution in [1.82, 2.24) is 0 Å². The summed E-state index contributed by atoms with van der Waals surface area (Å²) in [7, 11) is 1.62. The van der Waals surface area contributed by atoms with E-state index in [1.54, 1.807) is 37.4 Å². The van der Waals surface area contributed by atoms with E-state index in [2.05, 4.69) is 15.9 Å². The highest BCUT2D eigenvalue weighted by Crippen LogP contribution is 2.21. The van der Waals surface area contributed by atoms with Crippen LogP contribution in [0.1, 0.15) is 10.4 Å². The van der Waals surface area contributed by atoms with Crippen LogP contribution in [-0.4, -0.2) is 13.0 Å². The van der Waals surface area contributed by atoms with Crippen LogP contribution in [0.4, 0.5) is 10.1 Å². The van der Waals surface area contributed by atoms with Gasteiger partial charge in [-0.1, -0.05) is 18.2 Å². The zero-order valence-corrected chi connectivity index (χ0v) is 11.3. The van der Waals surface area contributed by atoms with Crippen LogP contribution in [0.2, 0.25) is 0 Å². The molecule has 0 radical (unpaired) electrons. The number of hydrogen-bond acceptors (Lipinski definition) is 1. The fourth-order valence-electron chi connectivity index (χ4n) is 1.62. The third kappa shape index (κ3) is 2.59. The normalized spacial score (nSPS) is 10.2. The van der Waals surface area contributed by atoms with Crippen LogP contribution in [0.15, 0.2) is 53.0 Å². The molecule has 4 heteroatoms. The van der Waals surface area contributed by atoms with Gasteiger partial charge in [0.1, 0.15) is 5.82 Å². The van der Waals surface area contributed by atoms with Gasteiger partial charge in [0.05, 0.1) is 5.56 Å². The van der Waals surface area contributed by atoms with Crippen molar-refractivity contribution in [2.75, 3.05) is 11.9 Å². The fourth-order valence-corrected chi connectivity index (χ4v) is 2.07. The van der Waals surface area contributed by atoms with E-state index in [4.69, 9.17) is 0 Å². The van der Waals surface area contributed by atoms with Crippen molar-refractivity contribution in [3.8, 4) is 0 Å². The monoisotopic (exact) mass is 307 g/mol. The van der Waals surface area contributed by atoms with E-state index >= 15 is 0 Å². The zero-order chi connectivity index (χ0) is 13.1. The van der Waals surface area contributed by atoms with Crippen molar-refractivity contribution in [3.05, 3.63) is 64.4 Å². The van der Waals surface area contributed by atoms with Crippen LogP contribution in [0, 0.1) is 5.82 Å². The highest BCUT2D eigenvalue weighted by atomic mass is 79.9. The summed E-state index contributed by atoms with van der Waals surface area (Å²) in [5.74, 6) is -0.549. The molecule has 0 unspecified atom stereocenters. The van der Waals surface area contributed by atoms with E-state index in [1.165, 1.54) is 17.0 Å². The molecule has 0 saturated heterocycles. The molecule has 2 nitrogen and oxygen atoms in total. The Kier molecular flexibility index (Phi) is 3.77. The number of rotatable bonds is 2. The molecular formula is C14H11BrFNO. The number of hydrogen-bond donors (Lipinski definition) is 0. The van der Waals surface area contributed by atoms with E-state index < -0.39 is 0 Å². The number of nitrogens with zero attached hydrogens (tertiary/aromatic N) is 1. The van der Waals surface area contributed by atoms with E-state index in [9.17, 15) is 9.18 Å². The molecule has 2 rings (SSSR count). The Labute approximate surface area is 113 Å². The lowest BCUT2D eigenvalue weighted by Gasteiger charge is -2.18. The average molecular weight is 308 g/mol. The maximum absolute atomic E-state index is 13.1. The molecule has 1 amide bonds. The first-order chi connectivity index (χ1) is 8.59. The van der Waals surface area contributed by atoms with Crippen molar-refractivity contribution in [1.29, 1.82) is 0 Å². The number of amides is 1. The van der Waals surface area contributed by atoms with Gasteiger partial charge in [0.15, 0.2) is 0 Å². The topological polar surface area (TPSA) is 20.3 Å². The summed E-state index contributed by atoms with van der Waals surface area (Å²) in [6.07, 6.45) is 0. The van der Waals surface area contributed by atoms with Crippen LogP contribution in [-0.2, 0) is 0 Å². The summed E-state index contributed by atoms with van der Waals surface area (Å²) in [4.78, 5) is 13.7. The highest BCUT2D eigenvalue weighted by molar-refractivity contribution is 9.10. The zero-order valence-electron chi connectivity index (χ0n) is 9.73. The third-order valence-electron chi connectivity index (χ3n) is 2.60. The molecule has 2 aromatic carbocycles. The van der Waals surface area contributed by atoms with Gasteiger partial charge in [0.2, 0.25) is 0 Å². The van der Waals surface area contributed by atoms with Gasteiger partial charge in [-0.2, -0.15) is 0 Å². The molecule has 92 valence electrons. The lowest BCUT2D eigenvalue weighted by Crippen LogP contribution is -2.26. The van der Waals surface area contributed by atoms with Crippen LogP contribution >= 0.6 is 15.9 Å². The number of carbonyl (C=O) groups excluding carboxylic acids is 1. The largest absolute Gasteiger partial charge is 0.311 e. The summed E-state index contributed by atoms with van der Waals surface area (Å²) in [5, 5.41) is 0. The predicted octanol–water partition coefficient (Wildman–Crippen LogP) is 3.86. The van der Waals surface area contributed by atoms with Gasteiger partial charge in [-0.25, -0.2) is 4.39 Å². The first-order valence-electron chi connectivity index (χ1n) is 5.38. The van der Waals surface area contributed by atoms with Gasteiger partial charge >= 0.3 is 0 Å². The minimum atomic E-state index is -0.362. The molecule has 0 aliphatic rings. The summed E-state index contributed by atoms with van der Waals surface area (Å²) >= 11 is 3.33. The fraction of sp³-hybridized carbons (Fsp3) is 0.0714. The smallest absolute Gasteiger partial charge is 0.259 e. The number of benzene rings is 2. The number of anilines is 1. The van der Waals surface area contributed by atoms with E-state index in [1.807, 2.05) is 6.07 Å². The second-order valence-corrected chi connectivity index (χ2v) is 4.68. The SMILES string of the molecule is CN(C(=O)c1ccccc1Br)c1cccc(F)c1. The molecule has 0 heterocycles. The molecular weight excluding hydrogens is 297 g/mol. The van der Waals surface area contributed by atoms with Gasteiger partial charge in [-0.15, -0.1) is 0 Å². The van der Waals surface area contributed by atoms with E-state index in [-0.39, 0.29) is 11.7 Å². The Morgan fingerprint density at radius 3 is 2.56 bits per heavy atom. The predicted molar refractivity (Wildman–Crippen MR) is 73.3 cm³/mol.